The van der Waals surface area contributed by atoms with Crippen LogP contribution in [0, 0.1) is 0 Å². The Hall–Kier alpha value is -2.08. The van der Waals surface area contributed by atoms with E-state index in [0.717, 1.165) is 24.9 Å². The first-order valence-electron chi connectivity index (χ1n) is 9.24. The van der Waals surface area contributed by atoms with Crippen LogP contribution in [0.2, 0.25) is 0 Å². The van der Waals surface area contributed by atoms with Crippen LogP contribution in [-0.4, -0.2) is 55.1 Å². The maximum Gasteiger partial charge on any atom is 0.303 e. The summed E-state index contributed by atoms with van der Waals surface area (Å²) >= 11 is 0. The molecule has 2 aliphatic heterocycles. The van der Waals surface area contributed by atoms with Gasteiger partial charge in [0.25, 0.3) is 0 Å². The summed E-state index contributed by atoms with van der Waals surface area (Å²) in [4.78, 5) is 27.3. The van der Waals surface area contributed by atoms with Crippen LogP contribution in [-0.2, 0) is 26.2 Å². The summed E-state index contributed by atoms with van der Waals surface area (Å²) in [5, 5.41) is 0. The van der Waals surface area contributed by atoms with Crippen LogP contribution in [0.15, 0.2) is 12.1 Å². The Labute approximate surface area is 152 Å². The summed E-state index contributed by atoms with van der Waals surface area (Å²) in [7, 11) is 3.70. The summed E-state index contributed by atoms with van der Waals surface area (Å²) < 4.78 is 17.9. The molecule has 0 radical (unpaired) electrons. The Balaban J connectivity index is 1.85. The molecule has 2 bridgehead atoms. The predicted octanol–water partition coefficient (Wildman–Crippen LogP) is 1.62. The number of methoxy groups -OCH3 is 1. The smallest absolute Gasteiger partial charge is 0.303 e. The van der Waals surface area contributed by atoms with Crippen molar-refractivity contribution in [1.29, 1.82) is 0 Å². The quantitative estimate of drug-likeness (QED) is 0.750. The average Bonchev–Trinajstić information content (AvgIpc) is 2.96. The highest BCUT2D eigenvalue weighted by molar-refractivity contribution is 5.90. The molecule has 0 amide bonds. The van der Waals surface area contributed by atoms with E-state index in [0.29, 0.717) is 24.3 Å². The number of hydrogen-bond acceptors (Lipinski definition) is 6. The lowest BCUT2D eigenvalue weighted by Gasteiger charge is -2.63. The standard InChI is InChI=1S/C20H23NO5/c1-11(22)26-20-7-6-13(23)18-19(20)8-9-21(2)15(20)10-12-4-5-14(24-3)17(25-18)16(12)19/h4-5,15,18H,6-10H2,1-3H3/t15-,18+,19+,20-/m1/s1. The van der Waals surface area contributed by atoms with Gasteiger partial charge in [-0.1, -0.05) is 6.07 Å². The molecule has 138 valence electrons. The Bertz CT molecular complexity index is 836. The number of Topliss-reactive ketones (excluding diaryl/α,β-unsaturated/α-hetero) is 1. The summed E-state index contributed by atoms with van der Waals surface area (Å²) in [5.41, 5.74) is 0.885. The zero-order valence-electron chi connectivity index (χ0n) is 15.3. The second-order valence-electron chi connectivity index (χ2n) is 8.00. The van der Waals surface area contributed by atoms with Gasteiger partial charge in [-0.3, -0.25) is 14.5 Å². The van der Waals surface area contributed by atoms with E-state index in [4.69, 9.17) is 14.2 Å². The van der Waals surface area contributed by atoms with Gasteiger partial charge in [0.15, 0.2) is 23.4 Å². The fraction of sp³-hybridized carbons (Fsp3) is 0.600. The molecule has 6 heteroatoms. The largest absolute Gasteiger partial charge is 0.493 e. The van der Waals surface area contributed by atoms with Gasteiger partial charge >= 0.3 is 5.97 Å². The fourth-order valence-corrected chi connectivity index (χ4v) is 6.12. The minimum atomic E-state index is -0.727. The molecule has 1 spiro atoms. The Kier molecular flexibility index (Phi) is 3.10. The number of rotatable bonds is 2. The summed E-state index contributed by atoms with van der Waals surface area (Å²) in [6.45, 7) is 2.31. The van der Waals surface area contributed by atoms with Gasteiger partial charge in [0.2, 0.25) is 0 Å². The van der Waals surface area contributed by atoms with Crippen LogP contribution >= 0.6 is 0 Å². The van der Waals surface area contributed by atoms with E-state index in [1.807, 2.05) is 6.07 Å². The zero-order valence-corrected chi connectivity index (χ0v) is 15.3. The van der Waals surface area contributed by atoms with Gasteiger partial charge in [-0.2, -0.15) is 0 Å². The van der Waals surface area contributed by atoms with Crippen molar-refractivity contribution in [3.63, 3.8) is 0 Å². The first-order chi connectivity index (χ1) is 12.4. The van der Waals surface area contributed by atoms with Crippen LogP contribution in [0.5, 0.6) is 11.5 Å². The molecule has 4 aliphatic rings. The van der Waals surface area contributed by atoms with Crippen molar-refractivity contribution in [2.24, 2.45) is 0 Å². The van der Waals surface area contributed by atoms with E-state index in [1.165, 1.54) is 12.5 Å². The lowest BCUT2D eigenvalue weighted by Crippen LogP contribution is -2.77. The number of carbonyl (C=O) groups is 2. The molecule has 26 heavy (non-hydrogen) atoms. The van der Waals surface area contributed by atoms with E-state index in [2.05, 4.69) is 18.0 Å². The van der Waals surface area contributed by atoms with E-state index >= 15 is 0 Å². The molecular formula is C20H23NO5. The third-order valence-electron chi connectivity index (χ3n) is 7.02. The van der Waals surface area contributed by atoms with Gasteiger partial charge in [-0.15, -0.1) is 0 Å². The van der Waals surface area contributed by atoms with Gasteiger partial charge in [0.1, 0.15) is 5.60 Å². The molecule has 2 heterocycles. The highest BCUT2D eigenvalue weighted by atomic mass is 16.6. The maximum atomic E-state index is 12.9. The van der Waals surface area contributed by atoms with Crippen molar-refractivity contribution in [1.82, 2.24) is 4.90 Å². The molecule has 0 unspecified atom stereocenters. The Morgan fingerprint density at radius 1 is 1.35 bits per heavy atom. The Morgan fingerprint density at radius 2 is 2.15 bits per heavy atom. The first-order valence-corrected chi connectivity index (χ1v) is 9.24. The SMILES string of the molecule is COc1ccc2c3c1O[C@H]1C(=O)CC[C@@]4(OC(C)=O)[C@@H](C2)N(C)CC[C@]314. The van der Waals surface area contributed by atoms with Gasteiger partial charge in [-0.05, 0) is 44.5 Å². The molecule has 2 fully saturated rings. The molecule has 1 aromatic rings. The first kappa shape index (κ1) is 16.1. The van der Waals surface area contributed by atoms with Crippen LogP contribution < -0.4 is 9.47 Å². The molecule has 0 N–H and O–H groups in total. The van der Waals surface area contributed by atoms with Gasteiger partial charge in [0, 0.05) is 18.9 Å². The molecule has 2 aliphatic carbocycles. The summed E-state index contributed by atoms with van der Waals surface area (Å²) in [6, 6.07) is 4.04. The highest BCUT2D eigenvalue weighted by Gasteiger charge is 2.75. The minimum Gasteiger partial charge on any atom is -0.493 e. The molecular weight excluding hydrogens is 334 g/mol. The summed E-state index contributed by atoms with van der Waals surface area (Å²) in [5.74, 6) is 1.12. The minimum absolute atomic E-state index is 0.0474. The normalized spacial score (nSPS) is 37.0. The lowest BCUT2D eigenvalue weighted by atomic mass is 9.49. The predicted molar refractivity (Wildman–Crippen MR) is 92.6 cm³/mol. The maximum absolute atomic E-state index is 12.9. The second kappa shape index (κ2) is 5.00. The number of likely N-dealkylation sites (tertiary alicyclic amines) is 1. The van der Waals surface area contributed by atoms with Crippen LogP contribution in [0.4, 0.5) is 0 Å². The van der Waals surface area contributed by atoms with Crippen molar-refractivity contribution in [3.8, 4) is 11.5 Å². The van der Waals surface area contributed by atoms with E-state index in [-0.39, 0.29) is 17.8 Å². The topological polar surface area (TPSA) is 65.1 Å². The van der Waals surface area contributed by atoms with Crippen molar-refractivity contribution >= 4 is 11.8 Å². The van der Waals surface area contributed by atoms with Crippen molar-refractivity contribution in [2.45, 2.75) is 55.8 Å². The molecule has 4 atom stereocenters. The number of piperidine rings is 1. The number of hydrogen-bond donors (Lipinski definition) is 0. The van der Waals surface area contributed by atoms with Crippen molar-refractivity contribution in [2.75, 3.05) is 20.7 Å². The third kappa shape index (κ3) is 1.62. The number of likely N-dealkylation sites (N-methyl/N-ethyl adjacent to an activating group) is 1. The highest BCUT2D eigenvalue weighted by Crippen LogP contribution is 2.65. The van der Waals surface area contributed by atoms with Crippen molar-refractivity contribution < 1.29 is 23.8 Å². The zero-order chi connectivity index (χ0) is 18.3. The number of ketones is 1. The van der Waals surface area contributed by atoms with E-state index in [1.54, 1.807) is 7.11 Å². The summed E-state index contributed by atoms with van der Waals surface area (Å²) in [6.07, 6.45) is 1.84. The number of nitrogens with zero attached hydrogens (tertiary/aromatic N) is 1. The number of esters is 1. The number of benzene rings is 1. The van der Waals surface area contributed by atoms with Gasteiger partial charge in [-0.25, -0.2) is 0 Å². The fourth-order valence-electron chi connectivity index (χ4n) is 6.12. The lowest BCUT2D eigenvalue weighted by molar-refractivity contribution is -0.211. The van der Waals surface area contributed by atoms with Gasteiger partial charge < -0.3 is 14.2 Å². The van der Waals surface area contributed by atoms with E-state index < -0.39 is 17.1 Å². The molecule has 0 aromatic heterocycles. The Morgan fingerprint density at radius 3 is 2.88 bits per heavy atom. The van der Waals surface area contributed by atoms with Crippen molar-refractivity contribution in [3.05, 3.63) is 23.3 Å². The van der Waals surface area contributed by atoms with E-state index in [9.17, 15) is 9.59 Å². The van der Waals surface area contributed by atoms with Crippen LogP contribution in [0.1, 0.15) is 37.3 Å². The number of ether oxygens (including phenoxy) is 3. The van der Waals surface area contributed by atoms with Gasteiger partial charge in [0.05, 0.1) is 18.6 Å². The molecule has 1 saturated heterocycles. The molecule has 1 aromatic carbocycles. The number of carbonyl (C=O) groups excluding carboxylic acids is 2. The molecule has 6 nitrogen and oxygen atoms in total. The van der Waals surface area contributed by atoms with Crippen LogP contribution in [0.25, 0.3) is 0 Å². The molecule has 5 rings (SSSR count). The third-order valence-corrected chi connectivity index (χ3v) is 7.02. The average molecular weight is 357 g/mol. The second-order valence-corrected chi connectivity index (χ2v) is 8.00. The monoisotopic (exact) mass is 357 g/mol. The molecule has 1 saturated carbocycles. The van der Waals surface area contributed by atoms with Crippen LogP contribution in [0.3, 0.4) is 0 Å².